The monoisotopic (exact) mass is 142 g/mol. The number of methoxy groups -OCH3 is 2. The maximum atomic E-state index is 4.99. The maximum absolute atomic E-state index is 4.99. The van der Waals surface area contributed by atoms with Crippen molar-refractivity contribution in [2.45, 2.75) is 6.92 Å². The van der Waals surface area contributed by atoms with Crippen molar-refractivity contribution in [3.8, 4) is 0 Å². The lowest BCUT2D eigenvalue weighted by Crippen LogP contribution is -1.87. The third-order valence-corrected chi connectivity index (χ3v) is 1.02. The Morgan fingerprint density at radius 2 is 2.10 bits per heavy atom. The summed E-state index contributed by atoms with van der Waals surface area (Å²) in [6, 6.07) is 0. The molecule has 0 atom stereocenters. The Morgan fingerprint density at radius 3 is 2.50 bits per heavy atom. The average Bonchev–Trinajstić information content (AvgIpc) is 1.98. The van der Waals surface area contributed by atoms with E-state index in [2.05, 4.69) is 0 Å². The maximum Gasteiger partial charge on any atom is 0.116 e. The largest absolute Gasteiger partial charge is 0.497 e. The van der Waals surface area contributed by atoms with Crippen LogP contribution in [0.3, 0.4) is 0 Å². The lowest BCUT2D eigenvalue weighted by molar-refractivity contribution is 0.226. The third kappa shape index (κ3) is 4.15. The molecule has 0 aromatic heterocycles. The summed E-state index contributed by atoms with van der Waals surface area (Å²) >= 11 is 0. The van der Waals surface area contributed by atoms with Gasteiger partial charge in [-0.1, -0.05) is 6.08 Å². The van der Waals surface area contributed by atoms with E-state index < -0.39 is 0 Å². The van der Waals surface area contributed by atoms with Crippen LogP contribution in [0.4, 0.5) is 0 Å². The molecule has 0 bridgehead atoms. The minimum absolute atomic E-state index is 0.591. The van der Waals surface area contributed by atoms with Crippen molar-refractivity contribution in [1.82, 2.24) is 0 Å². The molecular formula is C8H14O2. The standard InChI is InChI=1S/C8H14O2/c1-4-5-8(10-3)6-7-9-2/h4-6H,7H2,1-3H3/b5-4-,8-6+. The van der Waals surface area contributed by atoms with Gasteiger partial charge in [-0.3, -0.25) is 0 Å². The van der Waals surface area contributed by atoms with Crippen molar-refractivity contribution in [1.29, 1.82) is 0 Å². The van der Waals surface area contributed by atoms with E-state index in [0.717, 1.165) is 5.76 Å². The number of ether oxygens (including phenoxy) is 2. The second-order valence-corrected chi connectivity index (χ2v) is 1.77. The molecule has 2 heteroatoms. The molecule has 0 aromatic rings. The van der Waals surface area contributed by atoms with Crippen LogP contribution in [0.25, 0.3) is 0 Å². The van der Waals surface area contributed by atoms with Crippen LogP contribution in [0.1, 0.15) is 6.92 Å². The Kier molecular flexibility index (Phi) is 5.88. The lowest BCUT2D eigenvalue weighted by atomic mass is 10.4. The molecule has 0 heterocycles. The van der Waals surface area contributed by atoms with Crippen LogP contribution in [0, 0.1) is 0 Å². The van der Waals surface area contributed by atoms with Crippen molar-refractivity contribution >= 4 is 0 Å². The summed E-state index contributed by atoms with van der Waals surface area (Å²) in [5, 5.41) is 0. The zero-order valence-electron chi connectivity index (χ0n) is 6.76. The molecule has 0 saturated heterocycles. The van der Waals surface area contributed by atoms with Crippen LogP contribution in [-0.4, -0.2) is 20.8 Å². The molecule has 0 radical (unpaired) electrons. The van der Waals surface area contributed by atoms with Crippen molar-refractivity contribution in [3.63, 3.8) is 0 Å². The molecule has 0 amide bonds. The number of rotatable bonds is 4. The predicted octanol–water partition coefficient (Wildman–Crippen LogP) is 1.74. The van der Waals surface area contributed by atoms with E-state index >= 15 is 0 Å². The third-order valence-electron chi connectivity index (χ3n) is 1.02. The molecule has 58 valence electrons. The topological polar surface area (TPSA) is 18.5 Å². The average molecular weight is 142 g/mol. The van der Waals surface area contributed by atoms with Crippen molar-refractivity contribution < 1.29 is 9.47 Å². The molecule has 0 rings (SSSR count). The van der Waals surface area contributed by atoms with Gasteiger partial charge in [0, 0.05) is 7.11 Å². The molecule has 0 aromatic carbocycles. The van der Waals surface area contributed by atoms with Crippen LogP contribution in [-0.2, 0) is 9.47 Å². The van der Waals surface area contributed by atoms with Gasteiger partial charge in [0.25, 0.3) is 0 Å². The summed E-state index contributed by atoms with van der Waals surface area (Å²) in [7, 11) is 3.29. The van der Waals surface area contributed by atoms with Gasteiger partial charge in [-0.05, 0) is 19.1 Å². The van der Waals surface area contributed by atoms with Crippen molar-refractivity contribution in [2.75, 3.05) is 20.8 Å². The van der Waals surface area contributed by atoms with E-state index in [9.17, 15) is 0 Å². The highest BCUT2D eigenvalue weighted by Crippen LogP contribution is 1.96. The molecule has 2 nitrogen and oxygen atoms in total. The normalized spacial score (nSPS) is 12.5. The second-order valence-electron chi connectivity index (χ2n) is 1.77. The minimum atomic E-state index is 0.591. The molecule has 0 fully saturated rings. The Bertz CT molecular complexity index is 125. The van der Waals surface area contributed by atoms with E-state index in [1.54, 1.807) is 14.2 Å². The van der Waals surface area contributed by atoms with Gasteiger partial charge >= 0.3 is 0 Å². The Hall–Kier alpha value is -0.760. The van der Waals surface area contributed by atoms with Gasteiger partial charge < -0.3 is 9.47 Å². The predicted molar refractivity (Wildman–Crippen MR) is 41.8 cm³/mol. The molecule has 0 N–H and O–H groups in total. The van der Waals surface area contributed by atoms with Gasteiger partial charge in [0.2, 0.25) is 0 Å². The molecule has 0 saturated carbocycles. The van der Waals surface area contributed by atoms with Crippen LogP contribution < -0.4 is 0 Å². The highest BCUT2D eigenvalue weighted by Gasteiger charge is 1.85. The molecule has 0 aliphatic rings. The fourth-order valence-electron chi connectivity index (χ4n) is 0.549. The van der Waals surface area contributed by atoms with Gasteiger partial charge in [-0.15, -0.1) is 0 Å². The Morgan fingerprint density at radius 1 is 1.40 bits per heavy atom. The fraction of sp³-hybridized carbons (Fsp3) is 0.500. The first kappa shape index (κ1) is 9.24. The molecule has 0 aliphatic carbocycles. The van der Waals surface area contributed by atoms with Crippen LogP contribution in [0.2, 0.25) is 0 Å². The van der Waals surface area contributed by atoms with Gasteiger partial charge in [0.15, 0.2) is 0 Å². The first-order valence-corrected chi connectivity index (χ1v) is 3.21. The summed E-state index contributed by atoms with van der Waals surface area (Å²) in [4.78, 5) is 0. The van der Waals surface area contributed by atoms with Crippen LogP contribution >= 0.6 is 0 Å². The SMILES string of the molecule is C/C=C\C(=C/COC)OC. The molecule has 0 spiro atoms. The fourth-order valence-corrected chi connectivity index (χ4v) is 0.549. The summed E-state index contributed by atoms with van der Waals surface area (Å²) in [5.41, 5.74) is 0. The highest BCUT2D eigenvalue weighted by molar-refractivity contribution is 5.10. The summed E-state index contributed by atoms with van der Waals surface area (Å²) in [5.74, 6) is 0.837. The van der Waals surface area contributed by atoms with E-state index in [-0.39, 0.29) is 0 Å². The summed E-state index contributed by atoms with van der Waals surface area (Å²) < 4.78 is 9.82. The van der Waals surface area contributed by atoms with Crippen molar-refractivity contribution in [3.05, 3.63) is 24.0 Å². The molecule has 0 unspecified atom stereocenters. The lowest BCUT2D eigenvalue weighted by Gasteiger charge is -1.98. The Labute approximate surface area is 62.1 Å². The first-order chi connectivity index (χ1) is 4.85. The number of allylic oxidation sites excluding steroid dienone is 2. The van der Waals surface area contributed by atoms with E-state index in [1.807, 2.05) is 25.2 Å². The van der Waals surface area contributed by atoms with Crippen LogP contribution in [0.5, 0.6) is 0 Å². The zero-order chi connectivity index (χ0) is 7.82. The number of hydrogen-bond acceptors (Lipinski definition) is 2. The van der Waals surface area contributed by atoms with Gasteiger partial charge in [-0.25, -0.2) is 0 Å². The van der Waals surface area contributed by atoms with Crippen molar-refractivity contribution in [2.24, 2.45) is 0 Å². The number of hydrogen-bond donors (Lipinski definition) is 0. The van der Waals surface area contributed by atoms with E-state index in [0.29, 0.717) is 6.61 Å². The summed E-state index contributed by atoms with van der Waals surface area (Å²) in [6.45, 7) is 2.53. The molecule has 0 aliphatic heterocycles. The van der Waals surface area contributed by atoms with Gasteiger partial charge in [0.1, 0.15) is 5.76 Å². The van der Waals surface area contributed by atoms with E-state index in [4.69, 9.17) is 9.47 Å². The Balaban J connectivity index is 3.78. The van der Waals surface area contributed by atoms with Crippen LogP contribution in [0.15, 0.2) is 24.0 Å². The van der Waals surface area contributed by atoms with Gasteiger partial charge in [0.05, 0.1) is 13.7 Å². The van der Waals surface area contributed by atoms with Gasteiger partial charge in [-0.2, -0.15) is 0 Å². The molecular weight excluding hydrogens is 128 g/mol. The highest BCUT2D eigenvalue weighted by atomic mass is 16.5. The quantitative estimate of drug-likeness (QED) is 0.439. The second kappa shape index (κ2) is 6.36. The molecule has 10 heavy (non-hydrogen) atoms. The minimum Gasteiger partial charge on any atom is -0.497 e. The summed E-state index contributed by atoms with van der Waals surface area (Å²) in [6.07, 6.45) is 5.68. The smallest absolute Gasteiger partial charge is 0.116 e. The zero-order valence-corrected chi connectivity index (χ0v) is 6.76. The first-order valence-electron chi connectivity index (χ1n) is 3.21. The van der Waals surface area contributed by atoms with E-state index in [1.165, 1.54) is 0 Å².